The van der Waals surface area contributed by atoms with Crippen molar-refractivity contribution >= 4 is 21.8 Å². The number of ether oxygens (including phenoxy) is 1. The van der Waals surface area contributed by atoms with Gasteiger partial charge in [0.25, 0.3) is 0 Å². The molecular weight excluding hydrogens is 332 g/mol. The van der Waals surface area contributed by atoms with E-state index < -0.39 is 0 Å². The lowest BCUT2D eigenvalue weighted by Crippen LogP contribution is -2.53. The summed E-state index contributed by atoms with van der Waals surface area (Å²) < 4.78 is 6.58. The van der Waals surface area contributed by atoms with Crippen molar-refractivity contribution in [1.82, 2.24) is 5.32 Å². The van der Waals surface area contributed by atoms with E-state index in [0.29, 0.717) is 13.2 Å². The molecule has 5 heteroatoms. The maximum Gasteiger partial charge on any atom is 0.225 e. The number of nitrogens with one attached hydrogen (secondary N) is 1. The summed E-state index contributed by atoms with van der Waals surface area (Å²) in [6, 6.07) is 7.66. The molecule has 2 unspecified atom stereocenters. The molecule has 1 fully saturated rings. The highest BCUT2D eigenvalue weighted by molar-refractivity contribution is 9.10. The Bertz CT molecular complexity index is 491. The van der Waals surface area contributed by atoms with E-state index in [0.717, 1.165) is 35.9 Å². The quantitative estimate of drug-likeness (QED) is 0.799. The molecule has 0 radical (unpaired) electrons. The van der Waals surface area contributed by atoms with Crippen LogP contribution in [-0.4, -0.2) is 24.6 Å². The Balaban J connectivity index is 1.74. The van der Waals surface area contributed by atoms with Crippen molar-refractivity contribution in [2.24, 2.45) is 11.7 Å². The van der Waals surface area contributed by atoms with Gasteiger partial charge in [0.05, 0.1) is 12.5 Å². The topological polar surface area (TPSA) is 64.4 Å². The Morgan fingerprint density at radius 2 is 2.33 bits per heavy atom. The van der Waals surface area contributed by atoms with Gasteiger partial charge in [-0.25, -0.2) is 0 Å². The second kappa shape index (κ2) is 7.27. The van der Waals surface area contributed by atoms with E-state index in [-0.39, 0.29) is 17.4 Å². The van der Waals surface area contributed by atoms with Gasteiger partial charge in [0.1, 0.15) is 12.4 Å². The van der Waals surface area contributed by atoms with Crippen LogP contribution in [0, 0.1) is 5.92 Å². The van der Waals surface area contributed by atoms with Crippen LogP contribution >= 0.6 is 15.9 Å². The fourth-order valence-corrected chi connectivity index (χ4v) is 3.19. The zero-order chi connectivity index (χ0) is 15.3. The van der Waals surface area contributed by atoms with E-state index in [1.165, 1.54) is 0 Å². The van der Waals surface area contributed by atoms with Crippen molar-refractivity contribution in [1.29, 1.82) is 0 Å². The maximum atomic E-state index is 12.2. The molecular formula is C16H23BrN2O2. The van der Waals surface area contributed by atoms with E-state index in [1.54, 1.807) is 0 Å². The van der Waals surface area contributed by atoms with E-state index in [2.05, 4.69) is 21.2 Å². The Morgan fingerprint density at radius 1 is 1.52 bits per heavy atom. The lowest BCUT2D eigenvalue weighted by molar-refractivity contribution is -0.128. The summed E-state index contributed by atoms with van der Waals surface area (Å²) in [7, 11) is 0. The minimum atomic E-state index is -0.381. The second-order valence-corrected chi connectivity index (χ2v) is 6.82. The molecule has 21 heavy (non-hydrogen) atoms. The SMILES string of the molecule is CC1(N)CCCCC1C(=O)NCCOc1cccc(Br)c1. The summed E-state index contributed by atoms with van der Waals surface area (Å²) in [5, 5.41) is 2.94. The third-order valence-electron chi connectivity index (χ3n) is 4.04. The minimum Gasteiger partial charge on any atom is -0.492 e. The first-order valence-electron chi connectivity index (χ1n) is 7.44. The molecule has 1 amide bonds. The third kappa shape index (κ3) is 4.71. The summed E-state index contributed by atoms with van der Waals surface area (Å²) in [6.45, 7) is 2.93. The Kier molecular flexibility index (Phi) is 5.65. The number of halogens is 1. The van der Waals surface area contributed by atoms with Gasteiger partial charge in [-0.2, -0.15) is 0 Å². The number of hydrogen-bond acceptors (Lipinski definition) is 3. The van der Waals surface area contributed by atoms with Gasteiger partial charge in [-0.1, -0.05) is 34.8 Å². The van der Waals surface area contributed by atoms with Crippen LogP contribution in [0.3, 0.4) is 0 Å². The van der Waals surface area contributed by atoms with Gasteiger partial charge in [0.15, 0.2) is 0 Å². The fourth-order valence-electron chi connectivity index (χ4n) is 2.81. The standard InChI is InChI=1S/C16H23BrN2O2/c1-16(18)8-3-2-7-14(16)15(20)19-9-10-21-13-6-4-5-12(17)11-13/h4-6,11,14H,2-3,7-10,18H2,1H3,(H,19,20). The summed E-state index contributed by atoms with van der Waals surface area (Å²) in [5.74, 6) is 0.759. The number of hydrogen-bond donors (Lipinski definition) is 2. The van der Waals surface area contributed by atoms with Gasteiger partial charge < -0.3 is 15.8 Å². The van der Waals surface area contributed by atoms with Crippen LogP contribution in [0.25, 0.3) is 0 Å². The number of benzene rings is 1. The molecule has 0 aliphatic heterocycles. The van der Waals surface area contributed by atoms with Crippen molar-refractivity contribution in [2.75, 3.05) is 13.2 Å². The van der Waals surface area contributed by atoms with Crippen LogP contribution in [0.15, 0.2) is 28.7 Å². The average molecular weight is 355 g/mol. The molecule has 1 aromatic rings. The van der Waals surface area contributed by atoms with E-state index >= 15 is 0 Å². The number of carbonyl (C=O) groups is 1. The number of rotatable bonds is 5. The molecule has 0 bridgehead atoms. The van der Waals surface area contributed by atoms with Gasteiger partial charge in [-0.05, 0) is 38.0 Å². The molecule has 0 saturated heterocycles. The van der Waals surface area contributed by atoms with E-state index in [4.69, 9.17) is 10.5 Å². The zero-order valence-electron chi connectivity index (χ0n) is 12.4. The van der Waals surface area contributed by atoms with Crippen molar-refractivity contribution in [3.05, 3.63) is 28.7 Å². The number of carbonyl (C=O) groups excluding carboxylic acids is 1. The molecule has 2 rings (SSSR count). The molecule has 116 valence electrons. The number of nitrogens with two attached hydrogens (primary N) is 1. The molecule has 1 aromatic carbocycles. The highest BCUT2D eigenvalue weighted by Crippen LogP contribution is 2.31. The van der Waals surface area contributed by atoms with Crippen molar-refractivity contribution < 1.29 is 9.53 Å². The summed E-state index contributed by atoms with van der Waals surface area (Å²) in [5.41, 5.74) is 5.86. The molecule has 0 spiro atoms. The van der Waals surface area contributed by atoms with Crippen molar-refractivity contribution in [3.8, 4) is 5.75 Å². The first-order valence-corrected chi connectivity index (χ1v) is 8.23. The van der Waals surface area contributed by atoms with Crippen LogP contribution in [0.4, 0.5) is 0 Å². The molecule has 0 heterocycles. The van der Waals surface area contributed by atoms with Crippen LogP contribution in [-0.2, 0) is 4.79 Å². The van der Waals surface area contributed by atoms with E-state index in [9.17, 15) is 4.79 Å². The summed E-state index contributed by atoms with van der Waals surface area (Å²) in [6.07, 6.45) is 3.99. The second-order valence-electron chi connectivity index (χ2n) is 5.90. The lowest BCUT2D eigenvalue weighted by atomic mass is 9.74. The Labute approximate surface area is 134 Å². The summed E-state index contributed by atoms with van der Waals surface area (Å²) >= 11 is 3.40. The monoisotopic (exact) mass is 354 g/mol. The van der Waals surface area contributed by atoms with Crippen LogP contribution in [0.2, 0.25) is 0 Å². The van der Waals surface area contributed by atoms with Gasteiger partial charge in [-0.3, -0.25) is 4.79 Å². The summed E-state index contributed by atoms with van der Waals surface area (Å²) in [4.78, 5) is 12.2. The van der Waals surface area contributed by atoms with E-state index in [1.807, 2.05) is 31.2 Å². The van der Waals surface area contributed by atoms with Crippen LogP contribution in [0.5, 0.6) is 5.75 Å². The van der Waals surface area contributed by atoms with Gasteiger partial charge in [-0.15, -0.1) is 0 Å². The van der Waals surface area contributed by atoms with Gasteiger partial charge in [0.2, 0.25) is 5.91 Å². The van der Waals surface area contributed by atoms with Gasteiger partial charge in [0, 0.05) is 10.0 Å². The first kappa shape index (κ1) is 16.3. The van der Waals surface area contributed by atoms with Gasteiger partial charge >= 0.3 is 0 Å². The fraction of sp³-hybridized carbons (Fsp3) is 0.562. The predicted molar refractivity (Wildman–Crippen MR) is 87.2 cm³/mol. The van der Waals surface area contributed by atoms with Crippen molar-refractivity contribution in [3.63, 3.8) is 0 Å². The Morgan fingerprint density at radius 3 is 3.05 bits per heavy atom. The molecule has 4 nitrogen and oxygen atoms in total. The maximum absolute atomic E-state index is 12.2. The molecule has 0 aromatic heterocycles. The average Bonchev–Trinajstić information content (AvgIpc) is 2.43. The molecule has 2 atom stereocenters. The lowest BCUT2D eigenvalue weighted by Gasteiger charge is -2.37. The normalized spacial score (nSPS) is 25.4. The minimum absolute atomic E-state index is 0.0533. The smallest absolute Gasteiger partial charge is 0.225 e. The molecule has 1 saturated carbocycles. The predicted octanol–water partition coefficient (Wildman–Crippen LogP) is 2.85. The molecule has 1 aliphatic rings. The highest BCUT2D eigenvalue weighted by atomic mass is 79.9. The molecule has 1 aliphatic carbocycles. The van der Waals surface area contributed by atoms with Crippen LogP contribution in [0.1, 0.15) is 32.6 Å². The Hall–Kier alpha value is -1.07. The molecule has 3 N–H and O–H groups in total. The third-order valence-corrected chi connectivity index (χ3v) is 4.53. The highest BCUT2D eigenvalue weighted by Gasteiger charge is 2.37. The first-order chi connectivity index (χ1) is 9.99. The zero-order valence-corrected chi connectivity index (χ0v) is 14.0. The number of amides is 1. The van der Waals surface area contributed by atoms with Crippen LogP contribution < -0.4 is 15.8 Å². The largest absolute Gasteiger partial charge is 0.492 e. The van der Waals surface area contributed by atoms with Crippen molar-refractivity contribution in [2.45, 2.75) is 38.1 Å².